The van der Waals surface area contributed by atoms with Crippen molar-refractivity contribution >= 4 is 5.69 Å². The molecule has 2 rings (SSSR count). The number of hydrogen-bond donors (Lipinski definition) is 1. The lowest BCUT2D eigenvalue weighted by Gasteiger charge is -2.12. The van der Waals surface area contributed by atoms with Gasteiger partial charge in [-0.2, -0.15) is 0 Å². The smallest absolute Gasteiger partial charge is 0.142 e. The minimum absolute atomic E-state index is 0.490. The van der Waals surface area contributed by atoms with Crippen LogP contribution in [0.5, 0.6) is 5.75 Å². The number of hydrogen-bond acceptors (Lipinski definition) is 2. The van der Waals surface area contributed by atoms with Crippen molar-refractivity contribution in [3.63, 3.8) is 0 Å². The number of aryl methyl sites for hydroxylation is 1. The molecular formula is C18H23NO. The first-order valence-corrected chi connectivity index (χ1v) is 7.23. The molecule has 0 aliphatic carbocycles. The Kier molecular flexibility index (Phi) is 5.05. The Balaban J connectivity index is 1.82. The maximum Gasteiger partial charge on any atom is 0.142 e. The average Bonchev–Trinajstić information content (AvgIpc) is 2.46. The molecule has 0 aliphatic heterocycles. The zero-order valence-corrected chi connectivity index (χ0v) is 12.3. The van der Waals surface area contributed by atoms with Crippen molar-refractivity contribution < 1.29 is 4.74 Å². The third-order valence-electron chi connectivity index (χ3n) is 3.41. The number of ether oxygens (including phenoxy) is 1. The van der Waals surface area contributed by atoms with Crippen molar-refractivity contribution in [1.29, 1.82) is 0 Å². The highest BCUT2D eigenvalue weighted by atomic mass is 16.5. The van der Waals surface area contributed by atoms with E-state index in [9.17, 15) is 0 Å². The van der Waals surface area contributed by atoms with Crippen molar-refractivity contribution in [2.75, 3.05) is 12.3 Å². The quantitative estimate of drug-likeness (QED) is 0.623. The minimum Gasteiger partial charge on any atom is -0.491 e. The van der Waals surface area contributed by atoms with Gasteiger partial charge in [-0.1, -0.05) is 50.2 Å². The lowest BCUT2D eigenvalue weighted by molar-refractivity contribution is 0.312. The van der Waals surface area contributed by atoms with Crippen LogP contribution >= 0.6 is 0 Å². The van der Waals surface area contributed by atoms with E-state index in [0.29, 0.717) is 12.5 Å². The van der Waals surface area contributed by atoms with Crippen LogP contribution in [-0.4, -0.2) is 6.61 Å². The predicted molar refractivity (Wildman–Crippen MR) is 85.2 cm³/mol. The van der Waals surface area contributed by atoms with Crippen LogP contribution in [0.2, 0.25) is 0 Å². The van der Waals surface area contributed by atoms with Gasteiger partial charge in [0.2, 0.25) is 0 Å². The van der Waals surface area contributed by atoms with Gasteiger partial charge < -0.3 is 10.5 Å². The van der Waals surface area contributed by atoms with E-state index in [1.807, 2.05) is 18.2 Å². The molecule has 0 saturated heterocycles. The van der Waals surface area contributed by atoms with Crippen LogP contribution in [0.25, 0.3) is 0 Å². The van der Waals surface area contributed by atoms with Gasteiger partial charge in [0.1, 0.15) is 5.75 Å². The molecule has 0 unspecified atom stereocenters. The van der Waals surface area contributed by atoms with Gasteiger partial charge in [0.15, 0.2) is 0 Å². The van der Waals surface area contributed by atoms with Gasteiger partial charge >= 0.3 is 0 Å². The second-order valence-electron chi connectivity index (χ2n) is 5.39. The highest BCUT2D eigenvalue weighted by Gasteiger charge is 2.04. The van der Waals surface area contributed by atoms with E-state index >= 15 is 0 Å². The van der Waals surface area contributed by atoms with Gasteiger partial charge in [0.25, 0.3) is 0 Å². The summed E-state index contributed by atoms with van der Waals surface area (Å²) in [5.74, 6) is 1.28. The highest BCUT2D eigenvalue weighted by Crippen LogP contribution is 2.26. The van der Waals surface area contributed by atoms with Gasteiger partial charge in [0.05, 0.1) is 12.3 Å². The molecule has 0 fully saturated rings. The van der Waals surface area contributed by atoms with Gasteiger partial charge in [0, 0.05) is 0 Å². The summed E-state index contributed by atoms with van der Waals surface area (Å²) in [5, 5.41) is 0. The highest BCUT2D eigenvalue weighted by molar-refractivity contribution is 5.54. The average molecular weight is 269 g/mol. The maximum absolute atomic E-state index is 6.03. The molecular weight excluding hydrogens is 246 g/mol. The number of anilines is 1. The Morgan fingerprint density at radius 2 is 1.80 bits per heavy atom. The van der Waals surface area contributed by atoms with Crippen LogP contribution in [0.4, 0.5) is 5.69 Å². The molecule has 2 N–H and O–H groups in total. The van der Waals surface area contributed by atoms with E-state index in [-0.39, 0.29) is 0 Å². The van der Waals surface area contributed by atoms with Crippen LogP contribution in [0.1, 0.15) is 37.3 Å². The predicted octanol–water partition coefficient (Wildman–Crippen LogP) is 4.40. The molecule has 0 spiro atoms. The summed E-state index contributed by atoms with van der Waals surface area (Å²) in [6.07, 6.45) is 2.03. The van der Waals surface area contributed by atoms with Crippen LogP contribution in [0.15, 0.2) is 48.5 Å². The van der Waals surface area contributed by atoms with Crippen LogP contribution in [0.3, 0.4) is 0 Å². The maximum atomic E-state index is 6.03. The number of nitrogens with two attached hydrogens (primary N) is 1. The molecule has 0 bridgehead atoms. The summed E-state index contributed by atoms with van der Waals surface area (Å²) in [4.78, 5) is 0. The van der Waals surface area contributed by atoms with E-state index < -0.39 is 0 Å². The Labute approximate surface area is 121 Å². The SMILES string of the molecule is CC(C)c1ccc(OCCCc2ccccc2)c(N)c1. The van der Waals surface area contributed by atoms with E-state index in [1.165, 1.54) is 11.1 Å². The van der Waals surface area contributed by atoms with Gasteiger partial charge in [-0.15, -0.1) is 0 Å². The van der Waals surface area contributed by atoms with Crippen LogP contribution in [0, 0.1) is 0 Å². The van der Waals surface area contributed by atoms with E-state index in [0.717, 1.165) is 24.3 Å². The molecule has 2 aromatic carbocycles. The molecule has 2 nitrogen and oxygen atoms in total. The Morgan fingerprint density at radius 3 is 2.45 bits per heavy atom. The lowest BCUT2D eigenvalue weighted by atomic mass is 10.0. The zero-order chi connectivity index (χ0) is 14.4. The molecule has 0 aromatic heterocycles. The van der Waals surface area contributed by atoms with Gasteiger partial charge in [-0.3, -0.25) is 0 Å². The third kappa shape index (κ3) is 4.02. The summed E-state index contributed by atoms with van der Waals surface area (Å²) in [5.41, 5.74) is 9.36. The topological polar surface area (TPSA) is 35.2 Å². The fourth-order valence-electron chi connectivity index (χ4n) is 2.16. The largest absolute Gasteiger partial charge is 0.491 e. The fourth-order valence-corrected chi connectivity index (χ4v) is 2.16. The normalized spacial score (nSPS) is 10.8. The third-order valence-corrected chi connectivity index (χ3v) is 3.41. The van der Waals surface area contributed by atoms with E-state index in [2.05, 4.69) is 44.2 Å². The van der Waals surface area contributed by atoms with Crippen molar-refractivity contribution in [3.8, 4) is 5.75 Å². The summed E-state index contributed by atoms with van der Waals surface area (Å²) < 4.78 is 5.77. The van der Waals surface area contributed by atoms with Crippen molar-refractivity contribution in [1.82, 2.24) is 0 Å². The summed E-state index contributed by atoms with van der Waals surface area (Å²) in [6.45, 7) is 5.02. The number of benzene rings is 2. The fraction of sp³-hybridized carbons (Fsp3) is 0.333. The van der Waals surface area contributed by atoms with Crippen LogP contribution < -0.4 is 10.5 Å². The zero-order valence-electron chi connectivity index (χ0n) is 12.3. The van der Waals surface area contributed by atoms with Crippen molar-refractivity contribution in [3.05, 3.63) is 59.7 Å². The van der Waals surface area contributed by atoms with Gasteiger partial charge in [-0.25, -0.2) is 0 Å². The van der Waals surface area contributed by atoms with Crippen LogP contribution in [-0.2, 0) is 6.42 Å². The molecule has 20 heavy (non-hydrogen) atoms. The molecule has 0 heterocycles. The second kappa shape index (κ2) is 6.99. The van der Waals surface area contributed by atoms with Gasteiger partial charge in [-0.05, 0) is 42.0 Å². The van der Waals surface area contributed by atoms with Crippen molar-refractivity contribution in [2.24, 2.45) is 0 Å². The number of rotatable bonds is 6. The lowest BCUT2D eigenvalue weighted by Crippen LogP contribution is -2.02. The minimum atomic E-state index is 0.490. The Bertz CT molecular complexity index is 534. The molecule has 0 radical (unpaired) electrons. The van der Waals surface area contributed by atoms with Crippen molar-refractivity contribution in [2.45, 2.75) is 32.6 Å². The molecule has 0 atom stereocenters. The number of nitrogen functional groups attached to an aromatic ring is 1. The molecule has 0 saturated carbocycles. The standard InChI is InChI=1S/C18H23NO/c1-14(2)16-10-11-18(17(19)13-16)20-12-6-9-15-7-4-3-5-8-15/h3-5,7-8,10-11,13-14H,6,9,12,19H2,1-2H3. The van der Waals surface area contributed by atoms with E-state index in [4.69, 9.17) is 10.5 Å². The molecule has 2 aromatic rings. The van der Waals surface area contributed by atoms with E-state index in [1.54, 1.807) is 0 Å². The molecule has 0 aliphatic rings. The summed E-state index contributed by atoms with van der Waals surface area (Å²) >= 11 is 0. The monoisotopic (exact) mass is 269 g/mol. The summed E-state index contributed by atoms with van der Waals surface area (Å²) in [7, 11) is 0. The second-order valence-corrected chi connectivity index (χ2v) is 5.39. The molecule has 0 amide bonds. The first kappa shape index (κ1) is 14.4. The first-order valence-electron chi connectivity index (χ1n) is 7.23. The molecule has 106 valence electrons. The molecule has 2 heteroatoms. The Morgan fingerprint density at radius 1 is 1.05 bits per heavy atom. The Hall–Kier alpha value is -1.96. The summed E-state index contributed by atoms with van der Waals surface area (Å²) in [6, 6.07) is 16.5. The first-order chi connectivity index (χ1) is 9.66.